The van der Waals surface area contributed by atoms with Crippen LogP contribution in [-0.2, 0) is 14.3 Å². The van der Waals surface area contributed by atoms with Crippen LogP contribution in [-0.4, -0.2) is 24.8 Å². The van der Waals surface area contributed by atoms with Crippen molar-refractivity contribution in [2.24, 2.45) is 40.4 Å². The second-order valence-corrected chi connectivity index (χ2v) is 11.5. The first-order valence-corrected chi connectivity index (χ1v) is 12.2. The zero-order valence-corrected chi connectivity index (χ0v) is 18.3. The molecule has 4 saturated carbocycles. The van der Waals surface area contributed by atoms with Crippen LogP contribution in [0, 0.1) is 40.4 Å². The van der Waals surface area contributed by atoms with Crippen LogP contribution in [0.1, 0.15) is 91.4 Å². The average Bonchev–Trinajstić information content (AvgIpc) is 3.00. The molecule has 0 aromatic heterocycles. The van der Waals surface area contributed by atoms with Crippen LogP contribution in [0.15, 0.2) is 0 Å². The minimum absolute atomic E-state index is 0.0468. The molecule has 28 heavy (non-hydrogen) atoms. The van der Waals surface area contributed by atoms with Crippen molar-refractivity contribution < 1.29 is 14.3 Å². The Labute approximate surface area is 171 Å². The molecular weight excluding hydrogens is 348 g/mol. The molecule has 0 aromatic carbocycles. The van der Waals surface area contributed by atoms with Gasteiger partial charge in [-0.05, 0) is 98.7 Å². The van der Waals surface area contributed by atoms with Gasteiger partial charge in [0.2, 0.25) is 0 Å². The predicted octanol–water partition coefficient (Wildman–Crippen LogP) is 5.76. The van der Waals surface area contributed by atoms with Gasteiger partial charge >= 0.3 is 0 Å². The summed E-state index contributed by atoms with van der Waals surface area (Å²) >= 11 is 0. The molecule has 4 aliphatic carbocycles. The molecule has 0 unspecified atom stereocenters. The van der Waals surface area contributed by atoms with Gasteiger partial charge in [-0.2, -0.15) is 0 Å². The summed E-state index contributed by atoms with van der Waals surface area (Å²) in [5.74, 6) is 3.93. The highest BCUT2D eigenvalue weighted by Gasteiger charge is 2.61. The zero-order valence-electron chi connectivity index (χ0n) is 18.3. The Balaban J connectivity index is 1.34. The van der Waals surface area contributed by atoms with Crippen molar-refractivity contribution in [2.45, 2.75) is 104 Å². The summed E-state index contributed by atoms with van der Waals surface area (Å²) in [7, 11) is 0. The molecule has 1 heterocycles. The fraction of sp³-hybridized carbons (Fsp3) is 0.960. The highest BCUT2D eigenvalue weighted by Crippen LogP contribution is 2.66. The number of hydrogen-bond donors (Lipinski definition) is 0. The van der Waals surface area contributed by atoms with Crippen LogP contribution in [0.4, 0.5) is 0 Å². The summed E-state index contributed by atoms with van der Waals surface area (Å²) in [6, 6.07) is 0. The van der Waals surface area contributed by atoms with Crippen LogP contribution in [0.3, 0.4) is 0 Å². The SMILES string of the molecule is C[C@@H]1C[C@@]2(C)[C@@H](CC[C@@H]3[C@@H]2CC[C@]2(C)[C@@H](O[C@@H]4CCCCO4)CC[C@@H]32)CC1=O. The highest BCUT2D eigenvalue weighted by molar-refractivity contribution is 5.82. The number of fused-ring (bicyclic) bond motifs is 5. The molecular formula is C25H40O3. The lowest BCUT2D eigenvalue weighted by molar-refractivity contribution is -0.218. The number of Topliss-reactive ketones (excluding diaryl/α,β-unsaturated/α-hetero) is 1. The number of ether oxygens (including phenoxy) is 2. The third kappa shape index (κ3) is 2.94. The van der Waals surface area contributed by atoms with Crippen LogP contribution < -0.4 is 0 Å². The van der Waals surface area contributed by atoms with Crippen LogP contribution >= 0.6 is 0 Å². The van der Waals surface area contributed by atoms with Gasteiger partial charge in [-0.25, -0.2) is 0 Å². The van der Waals surface area contributed by atoms with Crippen molar-refractivity contribution in [3.8, 4) is 0 Å². The molecule has 0 N–H and O–H groups in total. The maximum atomic E-state index is 12.4. The van der Waals surface area contributed by atoms with Crippen LogP contribution in [0.5, 0.6) is 0 Å². The van der Waals surface area contributed by atoms with Crippen molar-refractivity contribution in [1.29, 1.82) is 0 Å². The van der Waals surface area contributed by atoms with E-state index in [4.69, 9.17) is 9.47 Å². The number of carbonyl (C=O) groups is 1. The van der Waals surface area contributed by atoms with E-state index in [2.05, 4.69) is 20.8 Å². The highest BCUT2D eigenvalue weighted by atomic mass is 16.7. The zero-order chi connectivity index (χ0) is 19.5. The molecule has 1 aliphatic heterocycles. The smallest absolute Gasteiger partial charge is 0.157 e. The van der Waals surface area contributed by atoms with Crippen LogP contribution in [0.25, 0.3) is 0 Å². The molecule has 9 atom stereocenters. The van der Waals surface area contributed by atoms with Gasteiger partial charge in [0, 0.05) is 18.9 Å². The molecule has 0 radical (unpaired) electrons. The third-order valence-electron chi connectivity index (χ3n) is 10.2. The van der Waals surface area contributed by atoms with E-state index in [1.165, 1.54) is 51.4 Å². The summed E-state index contributed by atoms with van der Waals surface area (Å²) in [5, 5.41) is 0. The minimum atomic E-state index is 0.0468. The van der Waals surface area contributed by atoms with Gasteiger partial charge in [-0.15, -0.1) is 0 Å². The molecule has 3 heteroatoms. The number of ketones is 1. The van der Waals surface area contributed by atoms with Gasteiger partial charge in [-0.1, -0.05) is 20.8 Å². The first-order chi connectivity index (χ1) is 13.4. The molecule has 3 nitrogen and oxygen atoms in total. The lowest BCUT2D eigenvalue weighted by Crippen LogP contribution is -2.55. The van der Waals surface area contributed by atoms with E-state index in [0.717, 1.165) is 43.6 Å². The first-order valence-electron chi connectivity index (χ1n) is 12.2. The van der Waals surface area contributed by atoms with E-state index in [-0.39, 0.29) is 12.2 Å². The van der Waals surface area contributed by atoms with Crippen LogP contribution in [0.2, 0.25) is 0 Å². The van der Waals surface area contributed by atoms with Gasteiger partial charge < -0.3 is 9.47 Å². The van der Waals surface area contributed by atoms with Gasteiger partial charge in [-0.3, -0.25) is 4.79 Å². The molecule has 5 rings (SSSR count). The van der Waals surface area contributed by atoms with Gasteiger partial charge in [0.15, 0.2) is 6.29 Å². The van der Waals surface area contributed by atoms with E-state index < -0.39 is 0 Å². The summed E-state index contributed by atoms with van der Waals surface area (Å²) < 4.78 is 12.5. The van der Waals surface area contributed by atoms with Crippen molar-refractivity contribution in [1.82, 2.24) is 0 Å². The normalized spacial score (nSPS) is 54.0. The molecule has 5 fully saturated rings. The fourth-order valence-electron chi connectivity index (χ4n) is 8.58. The predicted molar refractivity (Wildman–Crippen MR) is 110 cm³/mol. The molecule has 158 valence electrons. The molecule has 0 aromatic rings. The lowest BCUT2D eigenvalue weighted by Gasteiger charge is -2.60. The Kier molecular flexibility index (Phi) is 4.94. The Hall–Kier alpha value is -0.410. The van der Waals surface area contributed by atoms with Crippen molar-refractivity contribution in [2.75, 3.05) is 6.61 Å². The average molecular weight is 389 g/mol. The second kappa shape index (κ2) is 7.08. The molecule has 0 bridgehead atoms. The Bertz CT molecular complexity index is 611. The topological polar surface area (TPSA) is 35.5 Å². The quantitative estimate of drug-likeness (QED) is 0.603. The standard InChI is InChI=1S/C25H40O3/c1-16-15-25(3)17(14-21(16)26)7-8-18-19-9-10-22(24(19,2)12-11-20(18)25)28-23-6-4-5-13-27-23/h16-20,22-23H,4-15H2,1-3H3/t16-,17+,18+,19+,20+,22+,23-,24+,25+/m1/s1. The van der Waals surface area contributed by atoms with E-state index >= 15 is 0 Å². The maximum Gasteiger partial charge on any atom is 0.157 e. The van der Waals surface area contributed by atoms with Gasteiger partial charge in [0.25, 0.3) is 0 Å². The second-order valence-electron chi connectivity index (χ2n) is 11.5. The van der Waals surface area contributed by atoms with Gasteiger partial charge in [0.1, 0.15) is 5.78 Å². The molecule has 5 aliphatic rings. The molecule has 0 spiro atoms. The van der Waals surface area contributed by atoms with Crippen molar-refractivity contribution in [3.63, 3.8) is 0 Å². The summed E-state index contributed by atoms with van der Waals surface area (Å²) in [6.45, 7) is 8.15. The van der Waals surface area contributed by atoms with E-state index in [1.807, 2.05) is 0 Å². The molecule has 1 saturated heterocycles. The van der Waals surface area contributed by atoms with Crippen molar-refractivity contribution in [3.05, 3.63) is 0 Å². The summed E-state index contributed by atoms with van der Waals surface area (Å²) in [6.07, 6.45) is 13.8. The largest absolute Gasteiger partial charge is 0.353 e. The third-order valence-corrected chi connectivity index (χ3v) is 10.2. The molecule has 0 amide bonds. The van der Waals surface area contributed by atoms with E-state index in [9.17, 15) is 4.79 Å². The Morgan fingerprint density at radius 2 is 1.79 bits per heavy atom. The summed E-state index contributed by atoms with van der Waals surface area (Å²) in [5.41, 5.74) is 0.726. The lowest BCUT2D eigenvalue weighted by atomic mass is 9.44. The minimum Gasteiger partial charge on any atom is -0.353 e. The van der Waals surface area contributed by atoms with E-state index in [1.54, 1.807) is 0 Å². The monoisotopic (exact) mass is 388 g/mol. The number of rotatable bonds is 2. The summed E-state index contributed by atoms with van der Waals surface area (Å²) in [4.78, 5) is 12.4. The van der Waals surface area contributed by atoms with Gasteiger partial charge in [0.05, 0.1) is 6.10 Å². The van der Waals surface area contributed by atoms with E-state index in [0.29, 0.717) is 28.6 Å². The first kappa shape index (κ1) is 19.5. The fourth-order valence-corrected chi connectivity index (χ4v) is 8.58. The number of hydrogen-bond acceptors (Lipinski definition) is 3. The van der Waals surface area contributed by atoms with Crippen molar-refractivity contribution >= 4 is 5.78 Å². The Morgan fingerprint density at radius 3 is 2.57 bits per heavy atom. The maximum absolute atomic E-state index is 12.4. The Morgan fingerprint density at radius 1 is 0.964 bits per heavy atom. The number of carbonyl (C=O) groups excluding carboxylic acids is 1.